The average molecular weight is 324 g/mol. The Morgan fingerprint density at radius 1 is 1.50 bits per heavy atom. The number of aryl methyl sites for hydroxylation is 1. The van der Waals surface area contributed by atoms with Crippen LogP contribution in [0.3, 0.4) is 0 Å². The van der Waals surface area contributed by atoms with E-state index in [1.165, 1.54) is 0 Å². The van der Waals surface area contributed by atoms with E-state index in [0.29, 0.717) is 0 Å². The number of amides is 1. The van der Waals surface area contributed by atoms with E-state index >= 15 is 0 Å². The van der Waals surface area contributed by atoms with Gasteiger partial charge < -0.3 is 15.2 Å². The zero-order chi connectivity index (χ0) is 13.2. The SMILES string of the molecule is CC(NC(=O)C1(C)CCCCN1)c1nncn1C.Cl.Cl. The molecule has 8 heteroatoms. The molecular formula is C12H23Cl2N5O. The second kappa shape index (κ2) is 7.81. The molecule has 0 aromatic carbocycles. The fraction of sp³-hybridized carbons (Fsp3) is 0.750. The van der Waals surface area contributed by atoms with Crippen molar-refractivity contribution in [3.63, 3.8) is 0 Å². The van der Waals surface area contributed by atoms with Crippen LogP contribution in [0.2, 0.25) is 0 Å². The number of piperidine rings is 1. The lowest BCUT2D eigenvalue weighted by molar-refractivity contribution is -0.128. The fourth-order valence-electron chi connectivity index (χ4n) is 2.35. The van der Waals surface area contributed by atoms with Crippen LogP contribution in [0.4, 0.5) is 0 Å². The monoisotopic (exact) mass is 323 g/mol. The highest BCUT2D eigenvalue weighted by Crippen LogP contribution is 2.20. The molecule has 2 heterocycles. The normalized spacial score (nSPS) is 23.1. The van der Waals surface area contributed by atoms with E-state index in [-0.39, 0.29) is 36.8 Å². The Hall–Kier alpha value is -0.850. The van der Waals surface area contributed by atoms with Crippen molar-refractivity contribution in [2.45, 2.75) is 44.7 Å². The number of rotatable bonds is 3. The first-order valence-corrected chi connectivity index (χ1v) is 6.43. The molecule has 0 saturated carbocycles. The number of halogens is 2. The predicted octanol–water partition coefficient (Wildman–Crippen LogP) is 1.37. The molecule has 6 nitrogen and oxygen atoms in total. The van der Waals surface area contributed by atoms with Gasteiger partial charge in [-0.25, -0.2) is 0 Å². The van der Waals surface area contributed by atoms with Gasteiger partial charge >= 0.3 is 0 Å². The summed E-state index contributed by atoms with van der Waals surface area (Å²) in [5.74, 6) is 0.806. The third-order valence-corrected chi connectivity index (χ3v) is 3.60. The van der Waals surface area contributed by atoms with Crippen molar-refractivity contribution >= 4 is 30.7 Å². The first-order valence-electron chi connectivity index (χ1n) is 6.43. The Balaban J connectivity index is 0.00000180. The molecule has 1 saturated heterocycles. The van der Waals surface area contributed by atoms with Gasteiger partial charge in [0, 0.05) is 7.05 Å². The molecule has 20 heavy (non-hydrogen) atoms. The van der Waals surface area contributed by atoms with Crippen LogP contribution in [-0.2, 0) is 11.8 Å². The smallest absolute Gasteiger partial charge is 0.240 e. The van der Waals surface area contributed by atoms with Crippen LogP contribution in [0.25, 0.3) is 0 Å². The minimum atomic E-state index is -0.453. The predicted molar refractivity (Wildman–Crippen MR) is 82.3 cm³/mol. The molecule has 0 aliphatic carbocycles. The van der Waals surface area contributed by atoms with Crippen molar-refractivity contribution in [2.75, 3.05) is 6.54 Å². The van der Waals surface area contributed by atoms with Gasteiger partial charge in [0.15, 0.2) is 5.82 Å². The highest BCUT2D eigenvalue weighted by Gasteiger charge is 2.35. The van der Waals surface area contributed by atoms with Gasteiger partial charge in [-0.3, -0.25) is 4.79 Å². The lowest BCUT2D eigenvalue weighted by Gasteiger charge is -2.34. The summed E-state index contributed by atoms with van der Waals surface area (Å²) in [6.45, 7) is 4.79. The number of hydrogen-bond acceptors (Lipinski definition) is 4. The minimum absolute atomic E-state index is 0. The summed E-state index contributed by atoms with van der Waals surface area (Å²) in [7, 11) is 1.87. The molecule has 2 N–H and O–H groups in total. The van der Waals surface area contributed by atoms with Crippen LogP contribution >= 0.6 is 24.8 Å². The molecule has 116 valence electrons. The van der Waals surface area contributed by atoms with Crippen molar-refractivity contribution in [3.05, 3.63) is 12.2 Å². The van der Waals surface area contributed by atoms with Gasteiger partial charge in [0.25, 0.3) is 0 Å². The molecule has 0 spiro atoms. The maximum atomic E-state index is 12.3. The molecule has 1 aromatic heterocycles. The second-order valence-electron chi connectivity index (χ2n) is 5.21. The van der Waals surface area contributed by atoms with E-state index in [2.05, 4.69) is 20.8 Å². The number of nitrogens with one attached hydrogen (secondary N) is 2. The highest BCUT2D eigenvalue weighted by molar-refractivity contribution is 5.86. The van der Waals surface area contributed by atoms with Gasteiger partial charge in [0.2, 0.25) is 5.91 Å². The minimum Gasteiger partial charge on any atom is -0.345 e. The maximum Gasteiger partial charge on any atom is 0.240 e. The van der Waals surface area contributed by atoms with Crippen LogP contribution in [0.15, 0.2) is 6.33 Å². The summed E-state index contributed by atoms with van der Waals surface area (Å²) in [4.78, 5) is 12.3. The lowest BCUT2D eigenvalue weighted by Crippen LogP contribution is -2.57. The van der Waals surface area contributed by atoms with Gasteiger partial charge in [0.05, 0.1) is 11.6 Å². The second-order valence-corrected chi connectivity index (χ2v) is 5.21. The summed E-state index contributed by atoms with van der Waals surface area (Å²) < 4.78 is 1.82. The van der Waals surface area contributed by atoms with Crippen molar-refractivity contribution < 1.29 is 4.79 Å². The summed E-state index contributed by atoms with van der Waals surface area (Å²) >= 11 is 0. The summed E-state index contributed by atoms with van der Waals surface area (Å²) in [6.07, 6.45) is 4.75. The first-order chi connectivity index (χ1) is 8.53. The Morgan fingerprint density at radius 2 is 2.20 bits per heavy atom. The quantitative estimate of drug-likeness (QED) is 0.881. The molecular weight excluding hydrogens is 301 g/mol. The third kappa shape index (κ3) is 4.07. The van der Waals surface area contributed by atoms with Crippen LogP contribution in [-0.4, -0.2) is 32.8 Å². The van der Waals surface area contributed by atoms with Crippen LogP contribution in [0, 0.1) is 0 Å². The molecule has 1 aliphatic heterocycles. The maximum absolute atomic E-state index is 12.3. The van der Waals surface area contributed by atoms with Gasteiger partial charge in [0.1, 0.15) is 6.33 Å². The fourth-order valence-corrected chi connectivity index (χ4v) is 2.35. The van der Waals surface area contributed by atoms with Crippen molar-refractivity contribution in [1.29, 1.82) is 0 Å². The van der Waals surface area contributed by atoms with Crippen LogP contribution in [0.1, 0.15) is 45.0 Å². The molecule has 2 unspecified atom stereocenters. The van der Waals surface area contributed by atoms with Crippen LogP contribution in [0.5, 0.6) is 0 Å². The Labute approximate surface area is 131 Å². The molecule has 2 atom stereocenters. The number of hydrogen-bond donors (Lipinski definition) is 2. The Bertz CT molecular complexity index is 431. The molecule has 1 aliphatic rings. The summed E-state index contributed by atoms with van der Waals surface area (Å²) in [5, 5.41) is 14.2. The zero-order valence-corrected chi connectivity index (χ0v) is 13.7. The molecule has 1 amide bonds. The highest BCUT2D eigenvalue weighted by atomic mass is 35.5. The number of nitrogens with zero attached hydrogens (tertiary/aromatic N) is 3. The zero-order valence-electron chi connectivity index (χ0n) is 12.0. The first kappa shape index (κ1) is 19.1. The van der Waals surface area contributed by atoms with Crippen molar-refractivity contribution in [3.8, 4) is 0 Å². The number of carbonyl (C=O) groups excluding carboxylic acids is 1. The molecule has 1 fully saturated rings. The summed E-state index contributed by atoms with van der Waals surface area (Å²) in [5.41, 5.74) is -0.453. The molecule has 0 bridgehead atoms. The molecule has 2 rings (SSSR count). The van der Waals surface area contributed by atoms with Crippen molar-refractivity contribution in [1.82, 2.24) is 25.4 Å². The van der Waals surface area contributed by atoms with E-state index in [9.17, 15) is 4.79 Å². The largest absolute Gasteiger partial charge is 0.345 e. The van der Waals surface area contributed by atoms with Crippen LogP contribution < -0.4 is 10.6 Å². The van der Waals surface area contributed by atoms with Crippen molar-refractivity contribution in [2.24, 2.45) is 7.05 Å². The third-order valence-electron chi connectivity index (χ3n) is 3.60. The topological polar surface area (TPSA) is 71.8 Å². The Kier molecular flexibility index (Phi) is 7.47. The van der Waals surface area contributed by atoms with E-state index < -0.39 is 5.54 Å². The van der Waals surface area contributed by atoms with E-state index in [1.54, 1.807) is 6.33 Å². The van der Waals surface area contributed by atoms with Gasteiger partial charge in [-0.2, -0.15) is 0 Å². The lowest BCUT2D eigenvalue weighted by atomic mass is 9.90. The molecule has 0 radical (unpaired) electrons. The number of aromatic nitrogens is 3. The van der Waals surface area contributed by atoms with Gasteiger partial charge in [-0.1, -0.05) is 0 Å². The standard InChI is InChI=1S/C12H21N5O.2ClH/c1-9(10-16-14-8-17(10)3)15-11(18)12(2)6-4-5-7-13-12;;/h8-9,13H,4-7H2,1-3H3,(H,15,18);2*1H. The number of carbonyl (C=O) groups is 1. The van der Waals surface area contributed by atoms with E-state index in [4.69, 9.17) is 0 Å². The Morgan fingerprint density at radius 3 is 2.70 bits per heavy atom. The molecule has 1 aromatic rings. The average Bonchev–Trinajstić information content (AvgIpc) is 2.76. The van der Waals surface area contributed by atoms with Gasteiger partial charge in [-0.15, -0.1) is 35.0 Å². The van der Waals surface area contributed by atoms with E-state index in [0.717, 1.165) is 31.6 Å². The summed E-state index contributed by atoms with van der Waals surface area (Å²) in [6, 6.07) is -0.134. The van der Waals surface area contributed by atoms with E-state index in [1.807, 2.05) is 25.5 Å². The van der Waals surface area contributed by atoms with Gasteiger partial charge in [-0.05, 0) is 39.7 Å².